The largest absolute Gasteiger partial charge is 0.264 e. The zero-order chi connectivity index (χ0) is 17.9. The SMILES string of the molecule is Cc1ccc(S(=O)(=O)N(CCC2=CSCC2)c2cccnc2Br)cc1. The van der Waals surface area contributed by atoms with Gasteiger partial charge in [-0.2, -0.15) is 0 Å². The third kappa shape index (κ3) is 4.27. The summed E-state index contributed by atoms with van der Waals surface area (Å²) in [6.07, 6.45) is 3.39. The fraction of sp³-hybridized carbons (Fsp3) is 0.278. The summed E-state index contributed by atoms with van der Waals surface area (Å²) in [7, 11) is -3.66. The highest BCUT2D eigenvalue weighted by atomic mass is 79.9. The molecule has 1 aromatic carbocycles. The van der Waals surface area contributed by atoms with Crippen LogP contribution in [0.25, 0.3) is 0 Å². The third-order valence-electron chi connectivity index (χ3n) is 4.04. The Morgan fingerprint density at radius 2 is 2.00 bits per heavy atom. The molecule has 0 N–H and O–H groups in total. The molecule has 0 radical (unpaired) electrons. The van der Waals surface area contributed by atoms with E-state index in [-0.39, 0.29) is 0 Å². The summed E-state index contributed by atoms with van der Waals surface area (Å²) in [5.74, 6) is 1.08. The van der Waals surface area contributed by atoms with Gasteiger partial charge >= 0.3 is 0 Å². The minimum absolute atomic E-state index is 0.295. The van der Waals surface area contributed by atoms with E-state index in [0.717, 1.165) is 24.2 Å². The van der Waals surface area contributed by atoms with Gasteiger partial charge in [-0.15, -0.1) is 11.8 Å². The molecule has 3 rings (SSSR count). The molecule has 0 amide bonds. The number of anilines is 1. The quantitative estimate of drug-likeness (QED) is 0.609. The standard InChI is InChI=1S/C18H19BrN2O2S2/c1-14-4-6-16(7-5-14)25(22,23)21(11-8-15-9-12-24-13-15)17-3-2-10-20-18(17)19/h2-7,10,13H,8-9,11-12H2,1H3. The molecular weight excluding hydrogens is 420 g/mol. The number of thioether (sulfide) groups is 1. The maximum Gasteiger partial charge on any atom is 0.264 e. The Morgan fingerprint density at radius 1 is 1.24 bits per heavy atom. The number of hydrogen-bond acceptors (Lipinski definition) is 4. The molecule has 1 aliphatic rings. The molecule has 132 valence electrons. The van der Waals surface area contributed by atoms with Gasteiger partial charge in [0.15, 0.2) is 0 Å². The molecule has 0 aliphatic carbocycles. The van der Waals surface area contributed by atoms with Crippen LogP contribution in [0.3, 0.4) is 0 Å². The molecule has 1 aromatic heterocycles. The van der Waals surface area contributed by atoms with E-state index in [1.54, 1.807) is 42.2 Å². The Morgan fingerprint density at radius 3 is 2.64 bits per heavy atom. The molecule has 25 heavy (non-hydrogen) atoms. The van der Waals surface area contributed by atoms with Crippen LogP contribution in [0.15, 0.2) is 63.1 Å². The first-order valence-electron chi connectivity index (χ1n) is 7.98. The number of pyridine rings is 1. The van der Waals surface area contributed by atoms with Gasteiger partial charge in [0.2, 0.25) is 0 Å². The lowest BCUT2D eigenvalue weighted by Gasteiger charge is -2.25. The first-order chi connectivity index (χ1) is 12.0. The highest BCUT2D eigenvalue weighted by Crippen LogP contribution is 2.31. The van der Waals surface area contributed by atoms with Crippen molar-refractivity contribution >= 4 is 43.4 Å². The van der Waals surface area contributed by atoms with Crippen molar-refractivity contribution in [2.24, 2.45) is 0 Å². The first-order valence-corrected chi connectivity index (χ1v) is 11.3. The third-order valence-corrected chi connectivity index (χ3v) is 7.42. The molecule has 7 heteroatoms. The van der Waals surface area contributed by atoms with Crippen LogP contribution >= 0.6 is 27.7 Å². The van der Waals surface area contributed by atoms with Crippen LogP contribution in [-0.2, 0) is 10.0 Å². The van der Waals surface area contributed by atoms with Gasteiger partial charge in [0.1, 0.15) is 4.60 Å². The van der Waals surface area contributed by atoms with E-state index < -0.39 is 10.0 Å². The zero-order valence-electron chi connectivity index (χ0n) is 13.9. The molecule has 0 atom stereocenters. The van der Waals surface area contributed by atoms with Crippen molar-refractivity contribution in [3.05, 3.63) is 63.7 Å². The van der Waals surface area contributed by atoms with E-state index in [2.05, 4.69) is 26.3 Å². The minimum atomic E-state index is -3.66. The highest BCUT2D eigenvalue weighted by Gasteiger charge is 2.27. The van der Waals surface area contributed by atoms with Gasteiger partial charge in [-0.1, -0.05) is 23.3 Å². The van der Waals surface area contributed by atoms with Gasteiger partial charge in [-0.25, -0.2) is 13.4 Å². The Labute approximate surface area is 161 Å². The predicted molar refractivity (Wildman–Crippen MR) is 107 cm³/mol. The lowest BCUT2D eigenvalue weighted by atomic mass is 10.2. The summed E-state index contributed by atoms with van der Waals surface area (Å²) in [6, 6.07) is 10.5. The number of nitrogens with zero attached hydrogens (tertiary/aromatic N) is 2. The maximum absolute atomic E-state index is 13.3. The highest BCUT2D eigenvalue weighted by molar-refractivity contribution is 9.10. The topological polar surface area (TPSA) is 50.3 Å². The van der Waals surface area contributed by atoms with Crippen LogP contribution in [0.4, 0.5) is 5.69 Å². The molecule has 4 nitrogen and oxygen atoms in total. The summed E-state index contributed by atoms with van der Waals surface area (Å²) >= 11 is 5.18. The van der Waals surface area contributed by atoms with Gasteiger partial charge in [0.05, 0.1) is 10.6 Å². The van der Waals surface area contributed by atoms with Gasteiger partial charge in [0, 0.05) is 18.5 Å². The van der Waals surface area contributed by atoms with Gasteiger partial charge in [0.25, 0.3) is 10.0 Å². The first kappa shape index (κ1) is 18.5. The van der Waals surface area contributed by atoms with Gasteiger partial charge < -0.3 is 0 Å². The molecule has 2 heterocycles. The van der Waals surface area contributed by atoms with Crippen molar-refractivity contribution in [3.8, 4) is 0 Å². The Bertz CT molecular complexity index is 880. The Kier molecular flexibility index (Phi) is 5.86. The fourth-order valence-electron chi connectivity index (χ4n) is 2.63. The van der Waals surface area contributed by atoms with Crippen LogP contribution < -0.4 is 4.31 Å². The van der Waals surface area contributed by atoms with Gasteiger partial charge in [-0.05, 0) is 65.4 Å². The molecular formula is C18H19BrN2O2S2. The molecule has 2 aromatic rings. The number of sulfonamides is 1. The van der Waals surface area contributed by atoms with Crippen LogP contribution in [0, 0.1) is 6.92 Å². The van der Waals surface area contributed by atoms with Crippen molar-refractivity contribution in [3.63, 3.8) is 0 Å². The number of aryl methyl sites for hydroxylation is 1. The number of rotatable bonds is 6. The van der Waals surface area contributed by atoms with Crippen molar-refractivity contribution in [1.82, 2.24) is 4.98 Å². The molecule has 0 saturated heterocycles. The van der Waals surface area contributed by atoms with E-state index in [1.807, 2.05) is 19.1 Å². The lowest BCUT2D eigenvalue weighted by molar-refractivity contribution is 0.590. The minimum Gasteiger partial charge on any atom is -0.263 e. The van der Waals surface area contributed by atoms with Crippen molar-refractivity contribution in [2.75, 3.05) is 16.6 Å². The summed E-state index contributed by atoms with van der Waals surface area (Å²) in [6.45, 7) is 2.34. The van der Waals surface area contributed by atoms with Crippen molar-refractivity contribution < 1.29 is 8.42 Å². The van der Waals surface area contributed by atoms with E-state index in [0.29, 0.717) is 21.7 Å². The van der Waals surface area contributed by atoms with Crippen LogP contribution in [-0.4, -0.2) is 25.7 Å². The van der Waals surface area contributed by atoms with Crippen molar-refractivity contribution in [1.29, 1.82) is 0 Å². The molecule has 0 saturated carbocycles. The molecule has 0 unspecified atom stereocenters. The average molecular weight is 439 g/mol. The number of aromatic nitrogens is 1. The fourth-order valence-corrected chi connectivity index (χ4v) is 5.65. The van der Waals surface area contributed by atoms with Crippen LogP contribution in [0.2, 0.25) is 0 Å². The lowest BCUT2D eigenvalue weighted by Crippen LogP contribution is -2.32. The monoisotopic (exact) mass is 438 g/mol. The molecule has 0 fully saturated rings. The summed E-state index contributed by atoms with van der Waals surface area (Å²) in [4.78, 5) is 4.49. The Balaban J connectivity index is 1.97. The van der Waals surface area contributed by atoms with Gasteiger partial charge in [-0.3, -0.25) is 4.31 Å². The summed E-state index contributed by atoms with van der Waals surface area (Å²) in [5, 5.41) is 2.15. The average Bonchev–Trinajstić information content (AvgIpc) is 3.10. The van der Waals surface area contributed by atoms with E-state index >= 15 is 0 Å². The number of benzene rings is 1. The normalized spacial score (nSPS) is 14.4. The zero-order valence-corrected chi connectivity index (χ0v) is 17.1. The molecule has 0 spiro atoms. The molecule has 0 bridgehead atoms. The van der Waals surface area contributed by atoms with Crippen LogP contribution in [0.1, 0.15) is 18.4 Å². The van der Waals surface area contributed by atoms with Crippen LogP contribution in [0.5, 0.6) is 0 Å². The van der Waals surface area contributed by atoms with E-state index in [4.69, 9.17) is 0 Å². The number of halogens is 1. The second-order valence-electron chi connectivity index (χ2n) is 5.85. The maximum atomic E-state index is 13.3. The molecule has 1 aliphatic heterocycles. The summed E-state index contributed by atoms with van der Waals surface area (Å²) in [5.41, 5.74) is 2.89. The smallest absolute Gasteiger partial charge is 0.263 e. The second kappa shape index (κ2) is 7.93. The summed E-state index contributed by atoms with van der Waals surface area (Å²) < 4.78 is 28.5. The van der Waals surface area contributed by atoms with E-state index in [1.165, 1.54) is 9.88 Å². The predicted octanol–water partition coefficient (Wildman–Crippen LogP) is 4.76. The number of hydrogen-bond donors (Lipinski definition) is 0. The second-order valence-corrected chi connectivity index (χ2v) is 9.44. The Hall–Kier alpha value is -1.31. The van der Waals surface area contributed by atoms with E-state index in [9.17, 15) is 8.42 Å². The van der Waals surface area contributed by atoms with Crippen molar-refractivity contribution in [2.45, 2.75) is 24.7 Å².